The first-order valence-corrected chi connectivity index (χ1v) is 11.5. The highest BCUT2D eigenvalue weighted by molar-refractivity contribution is 7.90. The first-order valence-electron chi connectivity index (χ1n) is 9.62. The van der Waals surface area contributed by atoms with Gasteiger partial charge in [-0.3, -0.25) is 14.3 Å². The second-order valence-electron chi connectivity index (χ2n) is 7.49. The number of rotatable bonds is 5. The number of aromatic nitrogens is 6. The average Bonchev–Trinajstić information content (AvgIpc) is 3.35. The van der Waals surface area contributed by atoms with E-state index in [0.717, 1.165) is 6.26 Å². The van der Waals surface area contributed by atoms with E-state index in [1.807, 2.05) is 0 Å². The van der Waals surface area contributed by atoms with Gasteiger partial charge in [-0.05, 0) is 18.2 Å². The molecule has 1 N–H and O–H groups in total. The molecule has 0 bridgehead atoms. The number of amides is 2. The van der Waals surface area contributed by atoms with Crippen LogP contribution in [0.3, 0.4) is 0 Å². The molecule has 0 fully saturated rings. The van der Waals surface area contributed by atoms with Crippen molar-refractivity contribution in [2.24, 2.45) is 7.05 Å². The minimum atomic E-state index is -3.48. The number of aryl methyl sites for hydroxylation is 1. The maximum atomic E-state index is 12.9. The molecule has 33 heavy (non-hydrogen) atoms. The third-order valence-electron chi connectivity index (χ3n) is 4.76. The molecule has 4 heterocycles. The van der Waals surface area contributed by atoms with Gasteiger partial charge in [0.05, 0.1) is 11.8 Å². The smallest absolute Gasteiger partial charge is 0.274 e. The Balaban J connectivity index is 1.64. The van der Waals surface area contributed by atoms with Crippen LogP contribution in [0.15, 0.2) is 47.9 Å². The van der Waals surface area contributed by atoms with Gasteiger partial charge in [0.25, 0.3) is 11.8 Å². The van der Waals surface area contributed by atoms with Crippen molar-refractivity contribution in [1.82, 2.24) is 34.3 Å². The molecule has 0 saturated heterocycles. The van der Waals surface area contributed by atoms with E-state index in [9.17, 15) is 18.0 Å². The molecule has 0 aliphatic rings. The first-order chi connectivity index (χ1) is 15.5. The molecule has 4 aromatic rings. The van der Waals surface area contributed by atoms with Gasteiger partial charge in [0.1, 0.15) is 5.69 Å². The Kier molecular flexibility index (Phi) is 5.41. The van der Waals surface area contributed by atoms with Crippen molar-refractivity contribution >= 4 is 33.0 Å². The zero-order chi connectivity index (χ0) is 23.9. The summed E-state index contributed by atoms with van der Waals surface area (Å²) in [6.45, 7) is 0. The number of hydrogen-bond acceptors (Lipinski definition) is 8. The van der Waals surface area contributed by atoms with Gasteiger partial charge in [-0.2, -0.15) is 5.10 Å². The fourth-order valence-corrected chi connectivity index (χ4v) is 3.72. The van der Waals surface area contributed by atoms with Crippen molar-refractivity contribution in [2.75, 3.05) is 25.7 Å². The molecule has 0 saturated carbocycles. The second-order valence-corrected chi connectivity index (χ2v) is 9.46. The third-order valence-corrected chi connectivity index (χ3v) is 5.74. The summed E-state index contributed by atoms with van der Waals surface area (Å²) in [5.41, 5.74) is 1.66. The number of nitrogens with zero attached hydrogens (tertiary/aromatic N) is 7. The van der Waals surface area contributed by atoms with Crippen molar-refractivity contribution in [3.8, 4) is 11.4 Å². The number of carbonyl (C=O) groups excluding carboxylic acids is 2. The van der Waals surface area contributed by atoms with Gasteiger partial charge >= 0.3 is 0 Å². The number of sulfone groups is 1. The number of hydrogen-bond donors (Lipinski definition) is 1. The van der Waals surface area contributed by atoms with E-state index in [0.29, 0.717) is 22.7 Å². The van der Waals surface area contributed by atoms with Crippen LogP contribution in [0, 0.1) is 0 Å². The normalized spacial score (nSPS) is 11.5. The van der Waals surface area contributed by atoms with E-state index >= 15 is 0 Å². The minimum absolute atomic E-state index is 0.0777. The van der Waals surface area contributed by atoms with Crippen molar-refractivity contribution in [2.45, 2.75) is 5.03 Å². The maximum absolute atomic E-state index is 12.9. The number of nitrogens with one attached hydrogen (secondary N) is 1. The fourth-order valence-electron chi connectivity index (χ4n) is 3.13. The van der Waals surface area contributed by atoms with E-state index in [2.05, 4.69) is 25.5 Å². The number of carbonyl (C=O) groups is 2. The highest BCUT2D eigenvalue weighted by Crippen LogP contribution is 2.21. The molecule has 12 nitrogen and oxygen atoms in total. The Morgan fingerprint density at radius 1 is 1.15 bits per heavy atom. The molecule has 0 spiro atoms. The maximum Gasteiger partial charge on any atom is 0.274 e. The average molecular weight is 468 g/mol. The standard InChI is InChI=1S/C20H20N8O4S/c1-26(2)20(30)14-11-22-27(3)17(14)19(29)23-13-6-8-28-15(10-13)24-18(25-28)12-5-7-21-16(9-12)33(4,31)32/h5-11H,1-4H3,(H,23,29). The zero-order valence-corrected chi connectivity index (χ0v) is 19.0. The highest BCUT2D eigenvalue weighted by Gasteiger charge is 2.23. The van der Waals surface area contributed by atoms with Crippen LogP contribution in [0.25, 0.3) is 17.0 Å². The monoisotopic (exact) mass is 468 g/mol. The highest BCUT2D eigenvalue weighted by atomic mass is 32.2. The Labute approximate surface area is 188 Å². The Bertz CT molecular complexity index is 1500. The first kappa shape index (κ1) is 22.1. The third kappa shape index (κ3) is 4.30. The number of anilines is 1. The summed E-state index contributed by atoms with van der Waals surface area (Å²) in [4.78, 5) is 34.9. The molecule has 0 radical (unpaired) electrons. The van der Waals surface area contributed by atoms with Crippen LogP contribution in [0.5, 0.6) is 0 Å². The predicted molar refractivity (Wildman–Crippen MR) is 119 cm³/mol. The van der Waals surface area contributed by atoms with Crippen LogP contribution in [0.1, 0.15) is 20.8 Å². The van der Waals surface area contributed by atoms with Gasteiger partial charge in [-0.25, -0.2) is 22.9 Å². The van der Waals surface area contributed by atoms with Crippen LogP contribution < -0.4 is 5.32 Å². The van der Waals surface area contributed by atoms with Gasteiger partial charge in [0.15, 0.2) is 26.3 Å². The topological polar surface area (TPSA) is 144 Å². The van der Waals surface area contributed by atoms with Crippen LogP contribution in [0.2, 0.25) is 0 Å². The van der Waals surface area contributed by atoms with Gasteiger partial charge in [-0.15, -0.1) is 5.10 Å². The fraction of sp³-hybridized carbons (Fsp3) is 0.200. The molecular formula is C20H20N8O4S. The summed E-state index contributed by atoms with van der Waals surface area (Å²) >= 11 is 0. The lowest BCUT2D eigenvalue weighted by molar-refractivity contribution is 0.0821. The quantitative estimate of drug-likeness (QED) is 0.454. The summed E-state index contributed by atoms with van der Waals surface area (Å²) in [5.74, 6) is -0.538. The molecule has 0 unspecified atom stereocenters. The summed E-state index contributed by atoms with van der Waals surface area (Å²) in [6, 6.07) is 6.24. The van der Waals surface area contributed by atoms with E-state index in [-0.39, 0.29) is 22.2 Å². The Hall–Kier alpha value is -4.13. The van der Waals surface area contributed by atoms with Crippen LogP contribution in [-0.2, 0) is 16.9 Å². The van der Waals surface area contributed by atoms with Crippen LogP contribution >= 0.6 is 0 Å². The number of fused-ring (bicyclic) bond motifs is 1. The zero-order valence-electron chi connectivity index (χ0n) is 18.2. The van der Waals surface area contributed by atoms with Gasteiger partial charge in [-0.1, -0.05) is 0 Å². The van der Waals surface area contributed by atoms with Crippen molar-refractivity contribution in [3.63, 3.8) is 0 Å². The summed E-state index contributed by atoms with van der Waals surface area (Å²) in [7, 11) is 1.28. The molecule has 170 valence electrons. The van der Waals surface area contributed by atoms with E-state index in [1.54, 1.807) is 45.5 Å². The molecule has 0 atom stereocenters. The molecule has 0 aliphatic heterocycles. The lowest BCUT2D eigenvalue weighted by atomic mass is 10.2. The Morgan fingerprint density at radius 3 is 2.61 bits per heavy atom. The molecule has 0 aliphatic carbocycles. The summed E-state index contributed by atoms with van der Waals surface area (Å²) in [6.07, 6.45) is 5.41. The van der Waals surface area contributed by atoms with E-state index in [4.69, 9.17) is 0 Å². The molecular weight excluding hydrogens is 448 g/mol. The van der Waals surface area contributed by atoms with E-state index < -0.39 is 15.7 Å². The van der Waals surface area contributed by atoms with Crippen molar-refractivity contribution < 1.29 is 18.0 Å². The molecule has 13 heteroatoms. The molecule has 4 rings (SSSR count). The van der Waals surface area contributed by atoms with Gasteiger partial charge in [0.2, 0.25) is 0 Å². The van der Waals surface area contributed by atoms with Crippen LogP contribution in [0.4, 0.5) is 5.69 Å². The second kappa shape index (κ2) is 8.09. The van der Waals surface area contributed by atoms with Crippen molar-refractivity contribution in [1.29, 1.82) is 0 Å². The molecule has 0 aromatic carbocycles. The van der Waals surface area contributed by atoms with Crippen LogP contribution in [-0.4, -0.2) is 74.8 Å². The summed E-state index contributed by atoms with van der Waals surface area (Å²) < 4.78 is 26.4. The predicted octanol–water partition coefficient (Wildman–Crippen LogP) is 0.882. The summed E-state index contributed by atoms with van der Waals surface area (Å²) in [5, 5.41) is 11.1. The lowest BCUT2D eigenvalue weighted by Crippen LogP contribution is -2.26. The van der Waals surface area contributed by atoms with Gasteiger partial charge < -0.3 is 10.2 Å². The SMILES string of the molecule is CN(C)C(=O)c1cnn(C)c1C(=O)Nc1ccn2nc(-c3ccnc(S(C)(=O)=O)c3)nc2c1. The van der Waals surface area contributed by atoms with Crippen molar-refractivity contribution in [3.05, 3.63) is 54.1 Å². The van der Waals surface area contributed by atoms with Gasteiger partial charge in [0, 0.05) is 57.1 Å². The minimum Gasteiger partial charge on any atom is -0.345 e. The largest absolute Gasteiger partial charge is 0.345 e. The molecule has 2 amide bonds. The number of pyridine rings is 2. The molecule has 4 aromatic heterocycles. The Morgan fingerprint density at radius 2 is 1.91 bits per heavy atom. The van der Waals surface area contributed by atoms with E-state index in [1.165, 1.54) is 32.6 Å². The lowest BCUT2D eigenvalue weighted by Gasteiger charge is -2.11.